The maximum atomic E-state index is 11.3. The molecule has 0 radical (unpaired) electrons. The number of benzene rings is 1. The van der Waals surface area contributed by atoms with E-state index in [-0.39, 0.29) is 11.7 Å². The number of carbonyl (C=O) groups is 1. The Balaban J connectivity index is 2.31. The van der Waals surface area contributed by atoms with Gasteiger partial charge in [0.1, 0.15) is 11.8 Å². The zero-order valence-electron chi connectivity index (χ0n) is 9.05. The first-order valence-electron chi connectivity index (χ1n) is 5.44. The van der Waals surface area contributed by atoms with Gasteiger partial charge in [-0.3, -0.25) is 4.79 Å². The van der Waals surface area contributed by atoms with Gasteiger partial charge in [-0.1, -0.05) is 42.5 Å². The molecule has 1 aromatic rings. The summed E-state index contributed by atoms with van der Waals surface area (Å²) in [5.74, 6) is 0.0105. The molecule has 1 aliphatic carbocycles. The lowest BCUT2D eigenvalue weighted by molar-refractivity contribution is -0.117. The molecule has 1 unspecified atom stereocenters. The molecule has 3 rings (SSSR count). The molecule has 1 atom stereocenters. The summed E-state index contributed by atoms with van der Waals surface area (Å²) in [6.07, 6.45) is 7.08. The monoisotopic (exact) mass is 225 g/mol. The van der Waals surface area contributed by atoms with Gasteiger partial charge in [0.25, 0.3) is 0 Å². The summed E-state index contributed by atoms with van der Waals surface area (Å²) in [5.41, 5.74) is 0.887. The third kappa shape index (κ3) is 1.56. The molecule has 0 spiro atoms. The number of rotatable bonds is 0. The van der Waals surface area contributed by atoms with Crippen LogP contribution in [-0.2, 0) is 4.79 Å². The van der Waals surface area contributed by atoms with Crippen molar-refractivity contribution in [2.75, 3.05) is 0 Å². The fourth-order valence-electron chi connectivity index (χ4n) is 2.14. The van der Waals surface area contributed by atoms with Crippen LogP contribution in [0, 0.1) is 0 Å². The van der Waals surface area contributed by atoms with Crippen LogP contribution in [0.3, 0.4) is 0 Å². The van der Waals surface area contributed by atoms with Gasteiger partial charge in [0.05, 0.1) is 0 Å². The lowest BCUT2D eigenvalue weighted by Crippen LogP contribution is -2.41. The summed E-state index contributed by atoms with van der Waals surface area (Å²) < 4.78 is 0. The van der Waals surface area contributed by atoms with Crippen LogP contribution in [0.15, 0.2) is 48.1 Å². The van der Waals surface area contributed by atoms with Crippen LogP contribution in [0.25, 0.3) is 11.8 Å². The van der Waals surface area contributed by atoms with E-state index >= 15 is 0 Å². The van der Waals surface area contributed by atoms with Gasteiger partial charge in [0.2, 0.25) is 5.91 Å². The van der Waals surface area contributed by atoms with E-state index in [2.05, 4.69) is 5.32 Å². The fraction of sp³-hybridized carbons (Fsp3) is 0.0714. The maximum Gasteiger partial charge on any atom is 0.244 e. The van der Waals surface area contributed by atoms with Crippen LogP contribution < -0.4 is 15.8 Å². The van der Waals surface area contributed by atoms with Crippen molar-refractivity contribution in [2.24, 2.45) is 0 Å². The van der Waals surface area contributed by atoms with Crippen LogP contribution in [0.2, 0.25) is 0 Å². The molecule has 2 aliphatic rings. The molecule has 1 aromatic carbocycles. The normalized spacial score (nSPS) is 21.6. The molecule has 1 heterocycles. The van der Waals surface area contributed by atoms with E-state index < -0.39 is 6.04 Å². The van der Waals surface area contributed by atoms with E-state index in [1.54, 1.807) is 6.08 Å². The predicted octanol–water partition coefficient (Wildman–Crippen LogP) is 0.128. The van der Waals surface area contributed by atoms with Crippen molar-refractivity contribution in [3.05, 3.63) is 58.5 Å². The van der Waals surface area contributed by atoms with Crippen molar-refractivity contribution in [1.29, 1.82) is 0 Å². The Hall–Kier alpha value is -2.29. The van der Waals surface area contributed by atoms with E-state index in [1.807, 2.05) is 36.4 Å². The Morgan fingerprint density at radius 3 is 2.82 bits per heavy atom. The molecule has 0 fully saturated rings. The van der Waals surface area contributed by atoms with Gasteiger partial charge < -0.3 is 10.4 Å². The molecule has 84 valence electrons. The number of carbonyl (C=O) groups excluding carboxylic acids is 1. The van der Waals surface area contributed by atoms with Crippen LogP contribution in [0.1, 0.15) is 0 Å². The average molecular weight is 225 g/mol. The van der Waals surface area contributed by atoms with Crippen molar-refractivity contribution < 1.29 is 9.90 Å². The summed E-state index contributed by atoms with van der Waals surface area (Å²) in [7, 11) is 0. The second kappa shape index (κ2) is 3.63. The zero-order chi connectivity index (χ0) is 11.8. The van der Waals surface area contributed by atoms with E-state index in [0.29, 0.717) is 0 Å². The highest BCUT2D eigenvalue weighted by atomic mass is 16.3. The summed E-state index contributed by atoms with van der Waals surface area (Å²) in [5, 5.41) is 14.7. The summed E-state index contributed by atoms with van der Waals surface area (Å²) >= 11 is 0. The molecule has 3 nitrogen and oxygen atoms in total. The Morgan fingerprint density at radius 2 is 1.94 bits per heavy atom. The summed E-state index contributed by atoms with van der Waals surface area (Å²) in [4.78, 5) is 11.3. The van der Waals surface area contributed by atoms with E-state index in [0.717, 1.165) is 16.0 Å². The minimum absolute atomic E-state index is 0.182. The zero-order valence-corrected chi connectivity index (χ0v) is 9.05. The number of nitrogens with one attached hydrogen (secondary N) is 1. The van der Waals surface area contributed by atoms with Crippen molar-refractivity contribution in [2.45, 2.75) is 6.04 Å². The molecule has 1 amide bonds. The van der Waals surface area contributed by atoms with E-state index in [4.69, 9.17) is 0 Å². The molecule has 0 bridgehead atoms. The van der Waals surface area contributed by atoms with Gasteiger partial charge in [-0.25, -0.2) is 0 Å². The van der Waals surface area contributed by atoms with Gasteiger partial charge in [0, 0.05) is 11.3 Å². The number of allylic oxidation sites excluding steroid dienone is 1. The average Bonchev–Trinajstić information content (AvgIpc) is 2.49. The first-order valence-corrected chi connectivity index (χ1v) is 5.44. The SMILES string of the molecule is O=C1C=CC2=CC=c3ccccc3=C(O)C2N1. The second-order valence-electron chi connectivity index (χ2n) is 4.08. The van der Waals surface area contributed by atoms with E-state index in [9.17, 15) is 9.90 Å². The highest BCUT2D eigenvalue weighted by Crippen LogP contribution is 2.16. The standard InChI is InChI=1S/C14H11NO2/c16-12-8-7-10-6-5-9-3-1-2-4-11(9)14(17)13(10)15-12/h1-8,13,17H,(H,15,16). The molecule has 0 saturated heterocycles. The van der Waals surface area contributed by atoms with Gasteiger partial charge in [-0.05, 0) is 10.8 Å². The highest BCUT2D eigenvalue weighted by molar-refractivity contribution is 5.92. The smallest absolute Gasteiger partial charge is 0.244 e. The number of hydrogen-bond acceptors (Lipinski definition) is 2. The molecule has 2 N–H and O–H groups in total. The molecular weight excluding hydrogens is 214 g/mol. The van der Waals surface area contributed by atoms with Crippen LogP contribution in [0.4, 0.5) is 0 Å². The van der Waals surface area contributed by atoms with Gasteiger partial charge in [0.15, 0.2) is 0 Å². The van der Waals surface area contributed by atoms with Crippen molar-refractivity contribution in [1.82, 2.24) is 5.32 Å². The molecule has 1 aliphatic heterocycles. The first-order chi connectivity index (χ1) is 8.25. The van der Waals surface area contributed by atoms with Gasteiger partial charge in [-0.2, -0.15) is 0 Å². The van der Waals surface area contributed by atoms with Gasteiger partial charge in [-0.15, -0.1) is 0 Å². The quantitative estimate of drug-likeness (QED) is 0.659. The fourth-order valence-corrected chi connectivity index (χ4v) is 2.14. The number of aliphatic hydroxyl groups excluding tert-OH is 1. The topological polar surface area (TPSA) is 49.3 Å². The maximum absolute atomic E-state index is 11.3. The number of amides is 1. The summed E-state index contributed by atoms with van der Waals surface area (Å²) in [6, 6.07) is 7.14. The van der Waals surface area contributed by atoms with Crippen LogP contribution in [-0.4, -0.2) is 17.1 Å². The predicted molar refractivity (Wildman–Crippen MR) is 65.3 cm³/mol. The van der Waals surface area contributed by atoms with Gasteiger partial charge >= 0.3 is 0 Å². The Bertz CT molecular complexity index is 668. The van der Waals surface area contributed by atoms with Crippen LogP contribution >= 0.6 is 0 Å². The summed E-state index contributed by atoms with van der Waals surface area (Å²) in [6.45, 7) is 0. The van der Waals surface area contributed by atoms with Crippen molar-refractivity contribution in [3.63, 3.8) is 0 Å². The highest BCUT2D eigenvalue weighted by Gasteiger charge is 2.23. The molecular formula is C14H11NO2. The third-order valence-electron chi connectivity index (χ3n) is 3.01. The lowest BCUT2D eigenvalue weighted by Gasteiger charge is -2.21. The molecule has 0 aromatic heterocycles. The third-order valence-corrected chi connectivity index (χ3v) is 3.01. The molecule has 3 heteroatoms. The van der Waals surface area contributed by atoms with Crippen molar-refractivity contribution >= 4 is 17.7 Å². The minimum Gasteiger partial charge on any atom is -0.509 e. The molecule has 17 heavy (non-hydrogen) atoms. The first kappa shape index (κ1) is 9.90. The molecule has 0 saturated carbocycles. The number of aliphatic hydroxyl groups is 1. The Morgan fingerprint density at radius 1 is 1.12 bits per heavy atom. The Kier molecular flexibility index (Phi) is 2.11. The van der Waals surface area contributed by atoms with Crippen LogP contribution in [0.5, 0.6) is 0 Å². The number of fused-ring (bicyclic) bond motifs is 2. The lowest BCUT2D eigenvalue weighted by atomic mass is 10.0. The minimum atomic E-state index is -0.438. The van der Waals surface area contributed by atoms with Crippen molar-refractivity contribution in [3.8, 4) is 0 Å². The van der Waals surface area contributed by atoms with E-state index in [1.165, 1.54) is 6.08 Å². The number of hydrogen-bond donors (Lipinski definition) is 2. The Labute approximate surface area is 98.1 Å². The second-order valence-corrected chi connectivity index (χ2v) is 4.08. The largest absolute Gasteiger partial charge is 0.509 e.